The summed E-state index contributed by atoms with van der Waals surface area (Å²) >= 11 is 0. The SMILES string of the molecule is O=C(NCC=Cc1cn[nH]c1C(=O)O)OCC1c2ccccc2-c2ccccc21. The van der Waals surface area contributed by atoms with Gasteiger partial charge in [0, 0.05) is 18.0 Å². The van der Waals surface area contributed by atoms with Gasteiger partial charge in [-0.05, 0) is 22.3 Å². The monoisotopic (exact) mass is 389 g/mol. The molecule has 0 spiro atoms. The predicted octanol–water partition coefficient (Wildman–Crippen LogP) is 3.66. The Kier molecular flexibility index (Phi) is 5.11. The first kappa shape index (κ1) is 18.5. The Labute approximate surface area is 167 Å². The van der Waals surface area contributed by atoms with Crippen LogP contribution >= 0.6 is 0 Å². The van der Waals surface area contributed by atoms with Gasteiger partial charge < -0.3 is 15.2 Å². The molecule has 3 aromatic rings. The summed E-state index contributed by atoms with van der Waals surface area (Å²) in [5, 5.41) is 17.8. The van der Waals surface area contributed by atoms with Crippen LogP contribution in [0.2, 0.25) is 0 Å². The van der Waals surface area contributed by atoms with Crippen LogP contribution in [0.25, 0.3) is 17.2 Å². The molecule has 0 radical (unpaired) electrons. The number of rotatable bonds is 6. The fourth-order valence-corrected chi connectivity index (χ4v) is 3.57. The van der Waals surface area contributed by atoms with Gasteiger partial charge in [-0.15, -0.1) is 0 Å². The van der Waals surface area contributed by atoms with Crippen LogP contribution in [-0.4, -0.2) is 40.5 Å². The van der Waals surface area contributed by atoms with Crippen LogP contribution in [0, 0.1) is 0 Å². The zero-order chi connectivity index (χ0) is 20.2. The number of alkyl carbamates (subject to hydrolysis) is 1. The van der Waals surface area contributed by atoms with E-state index in [4.69, 9.17) is 9.84 Å². The number of aromatic amines is 1. The summed E-state index contributed by atoms with van der Waals surface area (Å²) in [5.41, 5.74) is 5.10. The molecule has 29 heavy (non-hydrogen) atoms. The second-order valence-corrected chi connectivity index (χ2v) is 6.61. The fourth-order valence-electron chi connectivity index (χ4n) is 3.57. The molecule has 0 saturated heterocycles. The number of aromatic carboxylic acids is 1. The molecule has 1 aromatic heterocycles. The van der Waals surface area contributed by atoms with Crippen LogP contribution in [0.3, 0.4) is 0 Å². The number of nitrogens with zero attached hydrogens (tertiary/aromatic N) is 1. The average molecular weight is 389 g/mol. The van der Waals surface area contributed by atoms with Crippen LogP contribution in [0.15, 0.2) is 60.8 Å². The molecule has 1 aliphatic rings. The lowest BCUT2D eigenvalue weighted by Gasteiger charge is -2.14. The summed E-state index contributed by atoms with van der Waals surface area (Å²) in [6.45, 7) is 0.454. The highest BCUT2D eigenvalue weighted by atomic mass is 16.5. The van der Waals surface area contributed by atoms with E-state index in [0.717, 1.165) is 11.1 Å². The fraction of sp³-hybridized carbons (Fsp3) is 0.136. The molecule has 0 fully saturated rings. The first-order chi connectivity index (χ1) is 14.1. The van der Waals surface area contributed by atoms with Crippen molar-refractivity contribution in [3.8, 4) is 11.1 Å². The molecule has 7 nitrogen and oxygen atoms in total. The van der Waals surface area contributed by atoms with Crippen molar-refractivity contribution in [2.24, 2.45) is 0 Å². The largest absolute Gasteiger partial charge is 0.477 e. The van der Waals surface area contributed by atoms with Crippen LogP contribution < -0.4 is 5.32 Å². The Hall–Kier alpha value is -3.87. The first-order valence-corrected chi connectivity index (χ1v) is 9.17. The normalized spacial score (nSPS) is 12.6. The first-order valence-electron chi connectivity index (χ1n) is 9.17. The maximum atomic E-state index is 12.1. The Morgan fingerprint density at radius 2 is 1.76 bits per heavy atom. The van der Waals surface area contributed by atoms with E-state index in [0.29, 0.717) is 5.56 Å². The Morgan fingerprint density at radius 3 is 2.41 bits per heavy atom. The lowest BCUT2D eigenvalue weighted by molar-refractivity contribution is 0.0690. The minimum atomic E-state index is -1.09. The number of fused-ring (bicyclic) bond motifs is 3. The molecule has 4 rings (SSSR count). The van der Waals surface area contributed by atoms with Gasteiger partial charge in [0.2, 0.25) is 0 Å². The van der Waals surface area contributed by atoms with E-state index < -0.39 is 12.1 Å². The highest BCUT2D eigenvalue weighted by molar-refractivity contribution is 5.89. The molecule has 1 aliphatic carbocycles. The van der Waals surface area contributed by atoms with Gasteiger partial charge in [-0.3, -0.25) is 5.10 Å². The van der Waals surface area contributed by atoms with Crippen molar-refractivity contribution in [1.82, 2.24) is 15.5 Å². The van der Waals surface area contributed by atoms with Crippen molar-refractivity contribution in [3.05, 3.63) is 83.2 Å². The summed E-state index contributed by atoms with van der Waals surface area (Å²) in [6, 6.07) is 16.3. The summed E-state index contributed by atoms with van der Waals surface area (Å²) in [4.78, 5) is 23.1. The number of hydrogen-bond acceptors (Lipinski definition) is 4. The van der Waals surface area contributed by atoms with E-state index >= 15 is 0 Å². The summed E-state index contributed by atoms with van der Waals surface area (Å²) < 4.78 is 5.44. The second-order valence-electron chi connectivity index (χ2n) is 6.61. The number of carboxylic acid groups (broad SMARTS) is 1. The van der Waals surface area contributed by atoms with Crippen LogP contribution in [0.1, 0.15) is 33.1 Å². The Balaban J connectivity index is 1.34. The summed E-state index contributed by atoms with van der Waals surface area (Å²) in [5.74, 6) is -1.08. The zero-order valence-corrected chi connectivity index (χ0v) is 15.5. The van der Waals surface area contributed by atoms with Crippen molar-refractivity contribution in [2.75, 3.05) is 13.2 Å². The van der Waals surface area contributed by atoms with Crippen molar-refractivity contribution >= 4 is 18.1 Å². The van der Waals surface area contributed by atoms with E-state index in [-0.39, 0.29) is 24.8 Å². The Morgan fingerprint density at radius 1 is 1.10 bits per heavy atom. The van der Waals surface area contributed by atoms with Gasteiger partial charge in [0.15, 0.2) is 5.69 Å². The zero-order valence-electron chi connectivity index (χ0n) is 15.5. The third kappa shape index (κ3) is 3.75. The van der Waals surface area contributed by atoms with E-state index in [2.05, 4.69) is 39.8 Å². The lowest BCUT2D eigenvalue weighted by Crippen LogP contribution is -2.26. The van der Waals surface area contributed by atoms with Gasteiger partial charge in [0.25, 0.3) is 0 Å². The number of nitrogens with one attached hydrogen (secondary N) is 2. The number of carbonyl (C=O) groups excluding carboxylic acids is 1. The highest BCUT2D eigenvalue weighted by Gasteiger charge is 2.28. The van der Waals surface area contributed by atoms with Crippen molar-refractivity contribution in [1.29, 1.82) is 0 Å². The molecule has 7 heteroatoms. The predicted molar refractivity (Wildman–Crippen MR) is 108 cm³/mol. The van der Waals surface area contributed by atoms with Gasteiger partial charge in [-0.25, -0.2) is 9.59 Å². The topological polar surface area (TPSA) is 104 Å². The number of aromatic nitrogens is 2. The number of benzene rings is 2. The molecule has 0 unspecified atom stereocenters. The van der Waals surface area contributed by atoms with E-state index in [9.17, 15) is 9.59 Å². The molecular formula is C22H19N3O4. The van der Waals surface area contributed by atoms with Gasteiger partial charge >= 0.3 is 12.1 Å². The third-order valence-corrected chi connectivity index (χ3v) is 4.89. The smallest absolute Gasteiger partial charge is 0.407 e. The second kappa shape index (κ2) is 8.02. The molecule has 0 atom stereocenters. The van der Waals surface area contributed by atoms with Crippen molar-refractivity contribution in [3.63, 3.8) is 0 Å². The van der Waals surface area contributed by atoms with E-state index in [1.807, 2.05) is 24.3 Å². The average Bonchev–Trinajstić information content (AvgIpc) is 3.33. The van der Waals surface area contributed by atoms with Crippen LogP contribution in [-0.2, 0) is 4.74 Å². The molecule has 3 N–H and O–H groups in total. The van der Waals surface area contributed by atoms with E-state index in [1.165, 1.54) is 17.3 Å². The number of ether oxygens (including phenoxy) is 1. The number of carbonyl (C=O) groups is 2. The van der Waals surface area contributed by atoms with Gasteiger partial charge in [-0.1, -0.05) is 60.7 Å². The molecule has 1 heterocycles. The molecular weight excluding hydrogens is 370 g/mol. The standard InChI is InChI=1S/C22H19N3O4/c26-21(27)20-14(12-24-25-20)6-5-11-23-22(28)29-13-19-17-9-3-1-7-15(17)16-8-2-4-10-18(16)19/h1-10,12,19H,11,13H2,(H,23,28)(H,24,25)(H,26,27). The minimum Gasteiger partial charge on any atom is -0.477 e. The highest BCUT2D eigenvalue weighted by Crippen LogP contribution is 2.44. The maximum Gasteiger partial charge on any atom is 0.407 e. The van der Waals surface area contributed by atoms with Crippen molar-refractivity contribution in [2.45, 2.75) is 5.92 Å². The third-order valence-electron chi connectivity index (χ3n) is 4.89. The molecule has 146 valence electrons. The van der Waals surface area contributed by atoms with Crippen molar-refractivity contribution < 1.29 is 19.4 Å². The molecule has 0 bridgehead atoms. The Bertz CT molecular complexity index is 1040. The molecule has 2 aromatic carbocycles. The van der Waals surface area contributed by atoms with Gasteiger partial charge in [0.05, 0.1) is 6.20 Å². The summed E-state index contributed by atoms with van der Waals surface area (Å²) in [7, 11) is 0. The molecule has 0 saturated carbocycles. The number of H-pyrrole nitrogens is 1. The minimum absolute atomic E-state index is 0.00221. The quantitative estimate of drug-likeness (QED) is 0.597. The number of amides is 1. The van der Waals surface area contributed by atoms with Gasteiger partial charge in [0.1, 0.15) is 6.61 Å². The number of carboxylic acids is 1. The van der Waals surface area contributed by atoms with Gasteiger partial charge in [-0.2, -0.15) is 5.10 Å². The maximum absolute atomic E-state index is 12.1. The summed E-state index contributed by atoms with van der Waals surface area (Å²) in [6.07, 6.45) is 4.10. The number of hydrogen-bond donors (Lipinski definition) is 3. The lowest BCUT2D eigenvalue weighted by atomic mass is 9.98. The molecule has 1 amide bonds. The molecule has 0 aliphatic heterocycles. The van der Waals surface area contributed by atoms with E-state index in [1.54, 1.807) is 12.2 Å². The van der Waals surface area contributed by atoms with Crippen LogP contribution in [0.5, 0.6) is 0 Å². The van der Waals surface area contributed by atoms with Crippen LogP contribution in [0.4, 0.5) is 4.79 Å².